The summed E-state index contributed by atoms with van der Waals surface area (Å²) < 4.78 is 4.69. The number of aromatic nitrogens is 1. The summed E-state index contributed by atoms with van der Waals surface area (Å²) in [6, 6.07) is 9.50. The molecule has 35 heavy (non-hydrogen) atoms. The number of aliphatic imine (C=N–C) groups is 1. The Bertz CT molecular complexity index is 969. The number of nitrogens with one attached hydrogen (secondary N) is 2. The summed E-state index contributed by atoms with van der Waals surface area (Å²) in [4.78, 5) is 20.7. The van der Waals surface area contributed by atoms with Crippen molar-refractivity contribution in [3.63, 3.8) is 0 Å². The second-order valence-electron chi connectivity index (χ2n) is 8.19. The van der Waals surface area contributed by atoms with Crippen molar-refractivity contribution in [2.45, 2.75) is 47.1 Å². The molecule has 1 amide bonds. The van der Waals surface area contributed by atoms with Crippen molar-refractivity contribution in [3.05, 3.63) is 90.9 Å². The molecule has 0 saturated carbocycles. The van der Waals surface area contributed by atoms with Crippen molar-refractivity contribution in [3.8, 4) is 0 Å². The first kappa shape index (κ1) is 33.3. The summed E-state index contributed by atoms with van der Waals surface area (Å²) in [5, 5.41) is 6.06. The Morgan fingerprint density at radius 1 is 1.26 bits per heavy atom. The average molecular weight is 502 g/mol. The molecule has 2 aromatic rings. The fraction of sp³-hybridized carbons (Fsp3) is 0.357. The van der Waals surface area contributed by atoms with E-state index in [1.54, 1.807) is 25.7 Å². The number of ether oxygens (including phenoxy) is 1. The van der Waals surface area contributed by atoms with Crippen molar-refractivity contribution < 1.29 is 60.9 Å². The molecule has 1 heterocycles. The third-order valence-corrected chi connectivity index (χ3v) is 4.46. The number of rotatable bonds is 10. The van der Waals surface area contributed by atoms with Gasteiger partial charge in [0.25, 0.3) is 5.91 Å². The van der Waals surface area contributed by atoms with Gasteiger partial charge in [0.2, 0.25) is 0 Å². The predicted octanol–water partition coefficient (Wildman–Crippen LogP) is 3.10. The summed E-state index contributed by atoms with van der Waals surface area (Å²) in [5.74, 6) is 0.278. The number of hydrogen-bond acceptors (Lipinski definition) is 5. The van der Waals surface area contributed by atoms with Crippen LogP contribution in [0.25, 0.3) is 0 Å². The van der Waals surface area contributed by atoms with Crippen LogP contribution in [0.5, 0.6) is 0 Å². The van der Waals surface area contributed by atoms with Gasteiger partial charge in [-0.3, -0.25) is 9.78 Å². The molecule has 0 aliphatic heterocycles. The molecule has 0 fully saturated rings. The van der Waals surface area contributed by atoms with E-state index in [1.807, 2.05) is 56.3 Å². The van der Waals surface area contributed by atoms with E-state index in [2.05, 4.69) is 54.5 Å². The maximum Gasteiger partial charge on any atom is 1.00 e. The number of benzene rings is 1. The van der Waals surface area contributed by atoms with Gasteiger partial charge in [0, 0.05) is 37.8 Å². The minimum atomic E-state index is -0.183. The van der Waals surface area contributed by atoms with Crippen molar-refractivity contribution in [1.82, 2.24) is 10.3 Å². The Kier molecular flexibility index (Phi) is 18.5. The molecule has 1 unspecified atom stereocenters. The van der Waals surface area contributed by atoms with E-state index in [0.717, 1.165) is 29.8 Å². The molecule has 2 N–H and O–H groups in total. The first-order valence-corrected chi connectivity index (χ1v) is 11.5. The second-order valence-corrected chi connectivity index (χ2v) is 8.19. The number of hydrogen-bond donors (Lipinski definition) is 2. The van der Waals surface area contributed by atoms with Crippen LogP contribution in [0.3, 0.4) is 0 Å². The predicted molar refractivity (Wildman–Crippen MR) is 142 cm³/mol. The molecule has 1 aromatic heterocycles. The molecule has 1 atom stereocenters. The number of pyridine rings is 1. The summed E-state index contributed by atoms with van der Waals surface area (Å²) in [7, 11) is 1.71. The molecule has 6 nitrogen and oxygen atoms in total. The number of carbonyl (C=O) groups is 1. The Labute approximate surface area is 254 Å². The molecule has 0 aliphatic carbocycles. The van der Waals surface area contributed by atoms with Gasteiger partial charge in [-0.2, -0.15) is 12.2 Å². The first-order chi connectivity index (χ1) is 16.3. The van der Waals surface area contributed by atoms with Crippen molar-refractivity contribution in [2.75, 3.05) is 19.0 Å². The topological polar surface area (TPSA) is 75.6 Å². The van der Waals surface area contributed by atoms with Gasteiger partial charge in [0.15, 0.2) is 0 Å². The maximum atomic E-state index is 12.4. The van der Waals surface area contributed by atoms with E-state index >= 15 is 0 Å². The SMILES string of the molecule is CCCOC.[CH2-]C(/C=C\C(C)C)=NC=[C-]NC(C)c1cccc(NC(=O)c2cncc(C)c2)c1.[K+]. The van der Waals surface area contributed by atoms with Crippen LogP contribution in [0.15, 0.2) is 66.1 Å². The van der Waals surface area contributed by atoms with Gasteiger partial charge in [-0.15, -0.1) is 11.9 Å². The molecule has 0 aliphatic rings. The van der Waals surface area contributed by atoms with Gasteiger partial charge in [0.1, 0.15) is 0 Å². The van der Waals surface area contributed by atoms with Gasteiger partial charge in [-0.05, 0) is 55.5 Å². The maximum absolute atomic E-state index is 12.4. The van der Waals surface area contributed by atoms with Crippen LogP contribution in [0, 0.1) is 26.0 Å². The third-order valence-electron chi connectivity index (χ3n) is 4.46. The number of amides is 1. The summed E-state index contributed by atoms with van der Waals surface area (Å²) in [5.41, 5.74) is 3.90. The van der Waals surface area contributed by atoms with Crippen molar-refractivity contribution in [2.24, 2.45) is 10.9 Å². The fourth-order valence-electron chi connectivity index (χ4n) is 2.68. The van der Waals surface area contributed by atoms with Gasteiger partial charge >= 0.3 is 51.4 Å². The quantitative estimate of drug-likeness (QED) is 0.227. The molecule has 0 bridgehead atoms. The Balaban J connectivity index is 0.00000175. The minimum absolute atomic E-state index is 0. The van der Waals surface area contributed by atoms with E-state index in [1.165, 1.54) is 0 Å². The van der Waals surface area contributed by atoms with Crippen LogP contribution >= 0.6 is 0 Å². The van der Waals surface area contributed by atoms with Gasteiger partial charge in [-0.1, -0.05) is 32.9 Å². The van der Waals surface area contributed by atoms with E-state index in [4.69, 9.17) is 4.74 Å². The van der Waals surface area contributed by atoms with Crippen LogP contribution in [0.4, 0.5) is 5.69 Å². The molecule has 0 spiro atoms. The van der Waals surface area contributed by atoms with E-state index in [9.17, 15) is 4.79 Å². The zero-order valence-corrected chi connectivity index (χ0v) is 25.4. The molecule has 184 valence electrons. The summed E-state index contributed by atoms with van der Waals surface area (Å²) in [6.07, 6.45) is 12.9. The Morgan fingerprint density at radius 3 is 2.60 bits per heavy atom. The van der Waals surface area contributed by atoms with Gasteiger partial charge < -0.3 is 26.6 Å². The van der Waals surface area contributed by atoms with Crippen LogP contribution in [-0.4, -0.2) is 30.3 Å². The zero-order valence-electron chi connectivity index (χ0n) is 22.3. The molecule has 1 aromatic carbocycles. The average Bonchev–Trinajstić information content (AvgIpc) is 2.81. The number of nitrogens with zero attached hydrogens (tertiary/aromatic N) is 2. The van der Waals surface area contributed by atoms with Gasteiger partial charge in [-0.25, -0.2) is 6.92 Å². The summed E-state index contributed by atoms with van der Waals surface area (Å²) in [6.45, 7) is 15.0. The number of methoxy groups -OCH3 is 1. The third kappa shape index (κ3) is 15.1. The number of carbonyl (C=O) groups excluding carboxylic acids is 1. The minimum Gasteiger partial charge on any atom is -0.560 e. The standard InChI is InChI=1S/C24H28N4O.C4H10O.K/c1-17(2)9-10-19(4)26-11-12-27-20(5)21-7-6-8-23(14-21)28-24(29)22-13-18(3)15-25-16-22;1-3-4-5-2;/h6-11,13-17,20,27H,4H2,1-3,5H3,(H,28,29);3-4H2,1-2H3;/q-2;;+1/b10-9-,26-19?;;. The van der Waals surface area contributed by atoms with Gasteiger partial charge in [0.05, 0.1) is 5.56 Å². The van der Waals surface area contributed by atoms with Crippen LogP contribution in [0.2, 0.25) is 0 Å². The molecular formula is C28H38KN4O2-. The Hall–Kier alpha value is -1.74. The largest absolute Gasteiger partial charge is 1.00 e. The smallest absolute Gasteiger partial charge is 0.560 e. The fourth-order valence-corrected chi connectivity index (χ4v) is 2.68. The number of anilines is 1. The monoisotopic (exact) mass is 501 g/mol. The number of aryl methyl sites for hydroxylation is 1. The number of allylic oxidation sites excluding steroid dienone is 2. The van der Waals surface area contributed by atoms with Crippen molar-refractivity contribution in [1.29, 1.82) is 0 Å². The molecule has 7 heteroatoms. The molecular weight excluding hydrogens is 463 g/mol. The van der Waals surface area contributed by atoms with E-state index in [-0.39, 0.29) is 63.3 Å². The first-order valence-electron chi connectivity index (χ1n) is 11.5. The second kappa shape index (κ2) is 19.4. The normalized spacial score (nSPS) is 12.1. The van der Waals surface area contributed by atoms with Crippen LogP contribution < -0.4 is 62.0 Å². The molecule has 2 rings (SSSR count). The van der Waals surface area contributed by atoms with E-state index in [0.29, 0.717) is 17.2 Å². The summed E-state index contributed by atoms with van der Waals surface area (Å²) >= 11 is 0. The molecule has 0 radical (unpaired) electrons. The molecule has 0 saturated heterocycles. The van der Waals surface area contributed by atoms with Crippen molar-refractivity contribution >= 4 is 17.3 Å². The van der Waals surface area contributed by atoms with E-state index < -0.39 is 0 Å². The van der Waals surface area contributed by atoms with Crippen LogP contribution in [0.1, 0.15) is 61.6 Å². The van der Waals surface area contributed by atoms with Crippen LogP contribution in [-0.2, 0) is 4.74 Å². The zero-order chi connectivity index (χ0) is 25.3. The Morgan fingerprint density at radius 2 is 2.00 bits per heavy atom.